The summed E-state index contributed by atoms with van der Waals surface area (Å²) in [4.78, 5) is 39.8. The Morgan fingerprint density at radius 2 is 1.68 bits per heavy atom. The number of carbonyl (C=O) groups is 2. The fourth-order valence-electron chi connectivity index (χ4n) is 4.51. The van der Waals surface area contributed by atoms with Gasteiger partial charge >= 0.3 is 5.97 Å². The number of nitrogens with zero attached hydrogens (tertiary/aromatic N) is 2. The van der Waals surface area contributed by atoms with Crippen LogP contribution in [-0.2, 0) is 4.79 Å². The molecule has 2 aromatic heterocycles. The van der Waals surface area contributed by atoms with Crippen LogP contribution in [0.5, 0.6) is 0 Å². The molecule has 1 amide bonds. The summed E-state index contributed by atoms with van der Waals surface area (Å²) in [6.07, 6.45) is 7.76. The van der Waals surface area contributed by atoms with Gasteiger partial charge in [-0.15, -0.1) is 0 Å². The SMILES string of the molecule is CC(NCCC[C@H](NC(=O)c1ccc(C(N)C(C)c2ncc[nH]2)c2ccccc12)C(=O)O)c1ncc[nH]1. The van der Waals surface area contributed by atoms with Crippen molar-refractivity contribution in [2.45, 2.75) is 50.7 Å². The summed E-state index contributed by atoms with van der Waals surface area (Å²) in [7, 11) is 0. The molecule has 10 heteroatoms. The average Bonchev–Trinajstić information content (AvgIpc) is 3.63. The number of carbonyl (C=O) groups excluding carboxylic acids is 1. The second-order valence-corrected chi connectivity index (χ2v) is 9.19. The lowest BCUT2D eigenvalue weighted by molar-refractivity contribution is -0.139. The van der Waals surface area contributed by atoms with Gasteiger partial charge in [0, 0.05) is 42.3 Å². The number of imidazole rings is 2. The third kappa shape index (κ3) is 6.04. The van der Waals surface area contributed by atoms with Gasteiger partial charge in [-0.3, -0.25) is 4.79 Å². The third-order valence-electron chi connectivity index (χ3n) is 6.70. The molecular weight excluding hydrogens is 470 g/mol. The number of aromatic nitrogens is 4. The van der Waals surface area contributed by atoms with Gasteiger partial charge in [-0.1, -0.05) is 37.3 Å². The quantitative estimate of drug-likeness (QED) is 0.161. The number of aromatic amines is 2. The second kappa shape index (κ2) is 11.8. The van der Waals surface area contributed by atoms with Crippen molar-refractivity contribution in [3.8, 4) is 0 Å². The first-order valence-electron chi connectivity index (χ1n) is 12.4. The molecule has 0 saturated carbocycles. The van der Waals surface area contributed by atoms with Crippen molar-refractivity contribution in [3.63, 3.8) is 0 Å². The summed E-state index contributed by atoms with van der Waals surface area (Å²) in [6, 6.07) is 9.75. The molecule has 0 aliphatic carbocycles. The first-order valence-corrected chi connectivity index (χ1v) is 12.4. The minimum Gasteiger partial charge on any atom is -0.480 e. The normalized spacial score (nSPS) is 14.7. The summed E-state index contributed by atoms with van der Waals surface area (Å²) < 4.78 is 0. The molecule has 0 radical (unpaired) electrons. The highest BCUT2D eigenvalue weighted by Crippen LogP contribution is 2.33. The molecule has 0 spiro atoms. The van der Waals surface area contributed by atoms with Crippen molar-refractivity contribution in [1.29, 1.82) is 0 Å². The van der Waals surface area contributed by atoms with Crippen LogP contribution in [0, 0.1) is 0 Å². The maximum Gasteiger partial charge on any atom is 0.326 e. The fourth-order valence-corrected chi connectivity index (χ4v) is 4.51. The molecule has 0 fully saturated rings. The second-order valence-electron chi connectivity index (χ2n) is 9.19. The Bertz CT molecular complexity index is 1320. The maximum absolute atomic E-state index is 13.2. The predicted molar refractivity (Wildman–Crippen MR) is 141 cm³/mol. The number of carboxylic acids is 1. The predicted octanol–water partition coefficient (Wildman–Crippen LogP) is 3.40. The van der Waals surface area contributed by atoms with Gasteiger partial charge in [0.15, 0.2) is 0 Å². The monoisotopic (exact) mass is 503 g/mol. The third-order valence-corrected chi connectivity index (χ3v) is 6.70. The van der Waals surface area contributed by atoms with Gasteiger partial charge in [-0.05, 0) is 48.7 Å². The van der Waals surface area contributed by atoms with Crippen LogP contribution in [0.2, 0.25) is 0 Å². The summed E-state index contributed by atoms with van der Waals surface area (Å²) in [5.41, 5.74) is 7.91. The molecule has 0 aliphatic rings. The topological polar surface area (TPSA) is 162 Å². The van der Waals surface area contributed by atoms with E-state index >= 15 is 0 Å². The number of amides is 1. The van der Waals surface area contributed by atoms with Crippen LogP contribution < -0.4 is 16.4 Å². The number of carboxylic acid groups (broad SMARTS) is 1. The highest BCUT2D eigenvalue weighted by molar-refractivity contribution is 6.08. The van der Waals surface area contributed by atoms with E-state index in [0.29, 0.717) is 24.9 Å². The molecule has 4 aromatic rings. The molecule has 7 N–H and O–H groups in total. The molecule has 4 rings (SSSR count). The minimum atomic E-state index is -1.07. The van der Waals surface area contributed by atoms with Crippen LogP contribution in [0.25, 0.3) is 10.8 Å². The summed E-state index contributed by atoms with van der Waals surface area (Å²) in [5, 5.41) is 17.3. The number of benzene rings is 2. The molecule has 194 valence electrons. The van der Waals surface area contributed by atoms with Crippen LogP contribution in [-0.4, -0.2) is 49.5 Å². The van der Waals surface area contributed by atoms with Crippen LogP contribution in [0.15, 0.2) is 61.2 Å². The zero-order valence-electron chi connectivity index (χ0n) is 20.9. The van der Waals surface area contributed by atoms with Gasteiger partial charge in [0.2, 0.25) is 0 Å². The zero-order valence-corrected chi connectivity index (χ0v) is 20.9. The molecule has 0 saturated heterocycles. The van der Waals surface area contributed by atoms with Gasteiger partial charge in [0.1, 0.15) is 17.7 Å². The first-order chi connectivity index (χ1) is 17.9. The van der Waals surface area contributed by atoms with Crippen LogP contribution >= 0.6 is 0 Å². The van der Waals surface area contributed by atoms with E-state index in [1.54, 1.807) is 30.9 Å². The average molecular weight is 504 g/mol. The Kier molecular flexibility index (Phi) is 8.32. The summed E-state index contributed by atoms with van der Waals surface area (Å²) >= 11 is 0. The number of rotatable bonds is 12. The van der Waals surface area contributed by atoms with Gasteiger partial charge in [-0.2, -0.15) is 0 Å². The Hall–Kier alpha value is -4.02. The van der Waals surface area contributed by atoms with Crippen molar-refractivity contribution in [2.24, 2.45) is 5.73 Å². The van der Waals surface area contributed by atoms with E-state index in [2.05, 4.69) is 30.6 Å². The van der Waals surface area contributed by atoms with Crippen LogP contribution in [0.3, 0.4) is 0 Å². The molecule has 4 atom stereocenters. The molecule has 2 aromatic carbocycles. The number of nitrogens with two attached hydrogens (primary N) is 1. The lowest BCUT2D eigenvalue weighted by Crippen LogP contribution is -2.41. The van der Waals surface area contributed by atoms with Crippen molar-refractivity contribution < 1.29 is 14.7 Å². The van der Waals surface area contributed by atoms with Crippen molar-refractivity contribution >= 4 is 22.6 Å². The van der Waals surface area contributed by atoms with Crippen LogP contribution in [0.1, 0.15) is 72.3 Å². The largest absolute Gasteiger partial charge is 0.480 e. The first kappa shape index (κ1) is 26.1. The fraction of sp³-hybridized carbons (Fsp3) is 0.333. The van der Waals surface area contributed by atoms with Crippen molar-refractivity contribution in [2.75, 3.05) is 6.54 Å². The number of fused-ring (bicyclic) bond motifs is 1. The van der Waals surface area contributed by atoms with E-state index in [9.17, 15) is 14.7 Å². The van der Waals surface area contributed by atoms with Gasteiger partial charge < -0.3 is 31.4 Å². The van der Waals surface area contributed by atoms with Gasteiger partial charge in [0.25, 0.3) is 5.91 Å². The lowest BCUT2D eigenvalue weighted by atomic mass is 9.89. The highest BCUT2D eigenvalue weighted by atomic mass is 16.4. The van der Waals surface area contributed by atoms with Gasteiger partial charge in [-0.25, -0.2) is 14.8 Å². The maximum atomic E-state index is 13.2. The molecule has 37 heavy (non-hydrogen) atoms. The summed E-state index contributed by atoms with van der Waals surface area (Å²) in [6.45, 7) is 4.57. The van der Waals surface area contributed by atoms with E-state index < -0.39 is 17.9 Å². The number of hydrogen-bond acceptors (Lipinski definition) is 6. The molecular formula is C27H33N7O3. The molecule has 2 heterocycles. The Morgan fingerprint density at radius 1 is 1.00 bits per heavy atom. The smallest absolute Gasteiger partial charge is 0.326 e. The Morgan fingerprint density at radius 3 is 2.32 bits per heavy atom. The van der Waals surface area contributed by atoms with E-state index in [1.165, 1.54) is 0 Å². The van der Waals surface area contributed by atoms with Crippen LogP contribution in [0.4, 0.5) is 0 Å². The van der Waals surface area contributed by atoms with Crippen molar-refractivity contribution in [1.82, 2.24) is 30.6 Å². The number of nitrogens with one attached hydrogen (secondary N) is 4. The van der Waals surface area contributed by atoms with Gasteiger partial charge in [0.05, 0.1) is 6.04 Å². The molecule has 3 unspecified atom stereocenters. The Labute approximate surface area is 215 Å². The summed E-state index contributed by atoms with van der Waals surface area (Å²) in [5.74, 6) is 0.0355. The number of hydrogen-bond donors (Lipinski definition) is 6. The lowest BCUT2D eigenvalue weighted by Gasteiger charge is -2.22. The molecule has 0 bridgehead atoms. The number of aliphatic carboxylic acids is 1. The van der Waals surface area contributed by atoms with E-state index in [0.717, 1.165) is 28.0 Å². The number of H-pyrrole nitrogens is 2. The van der Waals surface area contributed by atoms with E-state index in [1.807, 2.05) is 44.2 Å². The van der Waals surface area contributed by atoms with E-state index in [-0.39, 0.29) is 18.0 Å². The van der Waals surface area contributed by atoms with E-state index in [4.69, 9.17) is 5.73 Å². The zero-order chi connectivity index (χ0) is 26.4. The van der Waals surface area contributed by atoms with Crippen molar-refractivity contribution in [3.05, 3.63) is 84.0 Å². The highest BCUT2D eigenvalue weighted by Gasteiger charge is 2.25. The minimum absolute atomic E-state index is 0.0135. The molecule has 10 nitrogen and oxygen atoms in total. The standard InChI is InChI=1S/C27H33N7O3/c1-16(24-30-12-13-31-24)23(28)20-9-10-21(19-7-4-3-6-18(19)20)26(35)34-22(27(36)37)8-5-11-29-17(2)25-32-14-15-33-25/h3-4,6-7,9-10,12-17,22-23,29H,5,8,11,28H2,1-2H3,(H,30,31)(H,32,33)(H,34,35)(H,36,37)/t16?,17?,22-,23?/m0/s1. The Balaban J connectivity index is 1.45. The molecule has 0 aliphatic heterocycles.